The molecule has 3 N–H and O–H groups in total. The highest BCUT2D eigenvalue weighted by molar-refractivity contribution is 6.20. The zero-order valence-corrected chi connectivity index (χ0v) is 19.5. The minimum atomic E-state index is -0.833. The second-order valence-corrected chi connectivity index (χ2v) is 10.4. The van der Waals surface area contributed by atoms with Gasteiger partial charge in [0.15, 0.2) is 0 Å². The van der Waals surface area contributed by atoms with Gasteiger partial charge in [0, 0.05) is 36.0 Å². The first-order valence-electron chi connectivity index (χ1n) is 11.8. The highest BCUT2D eigenvalue weighted by Crippen LogP contribution is 2.31. The summed E-state index contributed by atoms with van der Waals surface area (Å²) in [6.45, 7) is 6.44. The highest BCUT2D eigenvalue weighted by Gasteiger charge is 2.33. The van der Waals surface area contributed by atoms with Crippen LogP contribution in [0.5, 0.6) is 0 Å². The predicted molar refractivity (Wildman–Crippen MR) is 121 cm³/mol. The molecule has 0 aromatic rings. The topological polar surface area (TPSA) is 121 Å². The van der Waals surface area contributed by atoms with Crippen LogP contribution in [-0.4, -0.2) is 74.1 Å². The fraction of sp³-hybridized carbons (Fsp3) is 0.952. The number of rotatable bonds is 7. The van der Waals surface area contributed by atoms with Gasteiger partial charge in [0.05, 0.1) is 11.8 Å². The number of hydroxylamine groups is 4. The molecule has 2 aliphatic carbocycles. The fourth-order valence-electron chi connectivity index (χ4n) is 5.38. The molecule has 9 nitrogen and oxygen atoms in total. The van der Waals surface area contributed by atoms with Gasteiger partial charge in [0.25, 0.3) is 0 Å². The summed E-state index contributed by atoms with van der Waals surface area (Å²) in [5.41, 5.74) is 4.25. The van der Waals surface area contributed by atoms with E-state index in [0.717, 1.165) is 44.5 Å². The normalized spacial score (nSPS) is 38.6. The predicted octanol–water partition coefficient (Wildman–Crippen LogP) is 3.52. The molecule has 10 heteroatoms. The summed E-state index contributed by atoms with van der Waals surface area (Å²) in [6, 6.07) is -1.41. The monoisotopic (exact) mass is 459 g/mol. The molecule has 3 rings (SSSR count). The SMILES string of the molecule is CC1CCCN(CC(=NNC2CCC(N([O-])O)CC2N([O-])O)C2CCC(Cl)CC2)C1C. The molecule has 1 saturated heterocycles. The average Bonchev–Trinajstić information content (AvgIpc) is 2.74. The minimum absolute atomic E-state index is 0.0839. The van der Waals surface area contributed by atoms with E-state index < -0.39 is 12.1 Å². The first-order valence-corrected chi connectivity index (χ1v) is 12.2. The van der Waals surface area contributed by atoms with E-state index in [0.29, 0.717) is 30.7 Å². The van der Waals surface area contributed by atoms with Gasteiger partial charge in [-0.25, -0.2) is 0 Å². The third-order valence-electron chi connectivity index (χ3n) is 7.76. The summed E-state index contributed by atoms with van der Waals surface area (Å²) in [4.78, 5) is 2.50. The first kappa shape index (κ1) is 25.1. The molecule has 1 heterocycles. The molecule has 5 atom stereocenters. The van der Waals surface area contributed by atoms with Crippen molar-refractivity contribution >= 4 is 17.3 Å². The molecule has 0 amide bonds. The first-order chi connectivity index (χ1) is 14.8. The van der Waals surface area contributed by atoms with Gasteiger partial charge < -0.3 is 26.3 Å². The number of alkyl halides is 1. The van der Waals surface area contributed by atoms with Crippen LogP contribution in [0.3, 0.4) is 0 Å². The number of hydrogen-bond acceptors (Lipinski definition) is 9. The van der Waals surface area contributed by atoms with Crippen LogP contribution in [0.2, 0.25) is 0 Å². The summed E-state index contributed by atoms with van der Waals surface area (Å²) in [5.74, 6) is 1.01. The molecular weight excluding hydrogens is 422 g/mol. The second kappa shape index (κ2) is 11.6. The molecule has 2 saturated carbocycles. The summed E-state index contributed by atoms with van der Waals surface area (Å²) in [5, 5.41) is 46.6. The van der Waals surface area contributed by atoms with E-state index in [2.05, 4.69) is 24.2 Å². The van der Waals surface area contributed by atoms with Crippen molar-refractivity contribution in [1.82, 2.24) is 20.8 Å². The van der Waals surface area contributed by atoms with Crippen molar-refractivity contribution in [2.75, 3.05) is 13.1 Å². The van der Waals surface area contributed by atoms with Gasteiger partial charge in [-0.15, -0.1) is 11.6 Å². The van der Waals surface area contributed by atoms with Gasteiger partial charge in [-0.3, -0.25) is 15.4 Å². The molecule has 0 aromatic heterocycles. The number of halogens is 1. The molecular formula is C21H38ClN5O4-2. The number of likely N-dealkylation sites (tertiary alicyclic amines) is 1. The number of hydrazone groups is 1. The number of piperidine rings is 1. The lowest BCUT2D eigenvalue weighted by molar-refractivity contribution is -0.137. The van der Waals surface area contributed by atoms with Crippen molar-refractivity contribution < 1.29 is 10.4 Å². The maximum atomic E-state index is 11.7. The maximum absolute atomic E-state index is 11.7. The Kier molecular flexibility index (Phi) is 9.36. The molecule has 1 aliphatic heterocycles. The summed E-state index contributed by atoms with van der Waals surface area (Å²) in [6.07, 6.45) is 7.40. The average molecular weight is 460 g/mol. The molecule has 180 valence electrons. The van der Waals surface area contributed by atoms with Crippen molar-refractivity contribution in [3.63, 3.8) is 0 Å². The Morgan fingerprint density at radius 2 is 1.77 bits per heavy atom. The molecule has 5 unspecified atom stereocenters. The summed E-state index contributed by atoms with van der Waals surface area (Å²) >= 11 is 6.33. The van der Waals surface area contributed by atoms with Crippen molar-refractivity contribution in [2.24, 2.45) is 16.9 Å². The zero-order chi connectivity index (χ0) is 22.5. The van der Waals surface area contributed by atoms with Gasteiger partial charge in [-0.1, -0.05) is 6.92 Å². The quantitative estimate of drug-likeness (QED) is 0.300. The van der Waals surface area contributed by atoms with Crippen LogP contribution in [0.15, 0.2) is 5.10 Å². The lowest BCUT2D eigenvalue weighted by atomic mass is 9.84. The second-order valence-electron chi connectivity index (χ2n) is 9.76. The van der Waals surface area contributed by atoms with E-state index in [4.69, 9.17) is 16.7 Å². The van der Waals surface area contributed by atoms with E-state index in [1.165, 1.54) is 12.8 Å². The lowest BCUT2D eigenvalue weighted by Crippen LogP contribution is -2.53. The van der Waals surface area contributed by atoms with Crippen LogP contribution in [0, 0.1) is 22.3 Å². The number of hydrogen-bond donors (Lipinski definition) is 3. The Bertz CT molecular complexity index is 588. The van der Waals surface area contributed by atoms with Crippen molar-refractivity contribution in [2.45, 2.75) is 101 Å². The van der Waals surface area contributed by atoms with Gasteiger partial charge >= 0.3 is 0 Å². The Labute approximate surface area is 190 Å². The van der Waals surface area contributed by atoms with Gasteiger partial charge in [-0.05, 0) is 77.2 Å². The maximum Gasteiger partial charge on any atom is 0.0608 e. The van der Waals surface area contributed by atoms with Crippen LogP contribution < -0.4 is 5.43 Å². The number of nitrogens with one attached hydrogen (secondary N) is 1. The molecule has 0 radical (unpaired) electrons. The van der Waals surface area contributed by atoms with Gasteiger partial charge in [0.2, 0.25) is 0 Å². The zero-order valence-electron chi connectivity index (χ0n) is 18.7. The fourth-order valence-corrected chi connectivity index (χ4v) is 5.63. The van der Waals surface area contributed by atoms with E-state index in [-0.39, 0.29) is 28.3 Å². The van der Waals surface area contributed by atoms with Crippen molar-refractivity contribution in [3.8, 4) is 0 Å². The Hall–Kier alpha value is -0.520. The third kappa shape index (κ3) is 6.74. The Morgan fingerprint density at radius 3 is 2.42 bits per heavy atom. The van der Waals surface area contributed by atoms with Crippen LogP contribution >= 0.6 is 11.6 Å². The summed E-state index contributed by atoms with van der Waals surface area (Å²) in [7, 11) is 0. The van der Waals surface area contributed by atoms with Crippen LogP contribution in [0.25, 0.3) is 0 Å². The Balaban J connectivity index is 1.71. The smallest absolute Gasteiger partial charge is 0.0608 e. The van der Waals surface area contributed by atoms with Crippen molar-refractivity contribution in [1.29, 1.82) is 0 Å². The van der Waals surface area contributed by atoms with Crippen LogP contribution in [0.4, 0.5) is 0 Å². The number of nitrogens with zero attached hydrogens (tertiary/aromatic N) is 4. The van der Waals surface area contributed by atoms with E-state index >= 15 is 0 Å². The van der Waals surface area contributed by atoms with Gasteiger partial charge in [0.1, 0.15) is 0 Å². The molecule has 3 aliphatic rings. The third-order valence-corrected chi connectivity index (χ3v) is 8.19. The van der Waals surface area contributed by atoms with E-state index in [1.807, 2.05) is 0 Å². The minimum Gasteiger partial charge on any atom is -0.762 e. The van der Waals surface area contributed by atoms with E-state index in [9.17, 15) is 20.8 Å². The lowest BCUT2D eigenvalue weighted by Gasteiger charge is -2.45. The molecule has 0 bridgehead atoms. The standard InChI is InChI=1S/C21H38ClN5O4/c1-14-4-3-11-25(15(14)2)13-20(16-5-7-17(22)8-6-16)24-23-19-10-9-18(26(28)29)12-21(19)27(30)31/h14-19,21,23,28,30H,3-13H2,1-2H3/q-2. The largest absolute Gasteiger partial charge is 0.762 e. The van der Waals surface area contributed by atoms with Gasteiger partial charge in [-0.2, -0.15) is 5.10 Å². The van der Waals surface area contributed by atoms with Crippen LogP contribution in [0.1, 0.15) is 71.6 Å². The highest BCUT2D eigenvalue weighted by atomic mass is 35.5. The molecule has 31 heavy (non-hydrogen) atoms. The van der Waals surface area contributed by atoms with E-state index in [1.54, 1.807) is 0 Å². The molecule has 3 fully saturated rings. The van der Waals surface area contributed by atoms with Crippen molar-refractivity contribution in [3.05, 3.63) is 10.4 Å². The summed E-state index contributed by atoms with van der Waals surface area (Å²) < 4.78 is 0. The molecule has 0 spiro atoms. The van der Waals surface area contributed by atoms with Crippen LogP contribution in [-0.2, 0) is 0 Å². The Morgan fingerprint density at radius 1 is 1.06 bits per heavy atom. The molecule has 0 aromatic carbocycles.